The summed E-state index contributed by atoms with van der Waals surface area (Å²) in [5, 5.41) is 3.08. The number of quaternary nitrogens is 1. The van der Waals surface area contributed by atoms with Crippen LogP contribution in [-0.4, -0.2) is 38.5 Å². The number of hydrogen-bond donors (Lipinski definition) is 2. The summed E-state index contributed by atoms with van der Waals surface area (Å²) in [5.74, 6) is 0.910. The molecule has 0 atom stereocenters. The van der Waals surface area contributed by atoms with Crippen molar-refractivity contribution in [2.24, 2.45) is 0 Å². The van der Waals surface area contributed by atoms with E-state index in [9.17, 15) is 4.79 Å². The molecule has 0 saturated carbocycles. The molecule has 1 saturated heterocycles. The second-order valence-corrected chi connectivity index (χ2v) is 7.49. The minimum Gasteiger partial charge on any atom is -0.370 e. The molecule has 1 heterocycles. The summed E-state index contributed by atoms with van der Waals surface area (Å²) in [5.41, 5.74) is 4.41. The lowest BCUT2D eigenvalue weighted by atomic mass is 10.1. The van der Waals surface area contributed by atoms with Crippen LogP contribution >= 0.6 is 11.8 Å². The standard InChI is InChI=1S/C21H26N2O2S/c1-26-16-17-5-4-8-18(13-17)21(24)22-14-19-6-2-3-7-20(19)15-23-9-11-25-12-10-23/h2-8,13H,9-12,14-16H2,1H3,(H,22,24)/p+1. The minimum absolute atomic E-state index is 0.0125. The van der Waals surface area contributed by atoms with E-state index in [1.807, 2.05) is 24.3 Å². The Morgan fingerprint density at radius 1 is 1.12 bits per heavy atom. The molecule has 0 unspecified atom stereocenters. The number of hydrogen-bond acceptors (Lipinski definition) is 3. The maximum Gasteiger partial charge on any atom is 0.251 e. The van der Waals surface area contributed by atoms with Crippen LogP contribution in [0.4, 0.5) is 0 Å². The van der Waals surface area contributed by atoms with E-state index in [1.165, 1.54) is 16.7 Å². The number of amides is 1. The van der Waals surface area contributed by atoms with Crippen molar-refractivity contribution in [2.75, 3.05) is 32.6 Å². The van der Waals surface area contributed by atoms with Crippen LogP contribution in [0.25, 0.3) is 0 Å². The normalized spacial score (nSPS) is 15.0. The number of nitrogens with one attached hydrogen (secondary N) is 2. The Kier molecular flexibility index (Phi) is 7.12. The molecule has 0 bridgehead atoms. The van der Waals surface area contributed by atoms with Crippen molar-refractivity contribution in [1.82, 2.24) is 5.32 Å². The van der Waals surface area contributed by atoms with Crippen LogP contribution in [0.1, 0.15) is 27.0 Å². The maximum absolute atomic E-state index is 12.5. The summed E-state index contributed by atoms with van der Waals surface area (Å²) >= 11 is 1.76. The fourth-order valence-corrected chi connectivity index (χ4v) is 3.77. The van der Waals surface area contributed by atoms with Gasteiger partial charge in [-0.3, -0.25) is 4.79 Å². The van der Waals surface area contributed by atoms with Gasteiger partial charge in [-0.05, 0) is 29.5 Å². The molecule has 2 aromatic rings. The Morgan fingerprint density at radius 3 is 2.65 bits per heavy atom. The van der Waals surface area contributed by atoms with E-state index in [-0.39, 0.29) is 5.91 Å². The number of carbonyl (C=O) groups is 1. The molecule has 5 heteroatoms. The Bertz CT molecular complexity index is 729. The van der Waals surface area contributed by atoms with Gasteiger partial charge in [0.25, 0.3) is 5.91 Å². The monoisotopic (exact) mass is 371 g/mol. The molecule has 1 aliphatic rings. The van der Waals surface area contributed by atoms with Gasteiger partial charge in [0.15, 0.2) is 0 Å². The Labute approximate surface area is 159 Å². The van der Waals surface area contributed by atoms with Gasteiger partial charge in [-0.2, -0.15) is 11.8 Å². The highest BCUT2D eigenvalue weighted by Crippen LogP contribution is 2.12. The van der Waals surface area contributed by atoms with Crippen molar-refractivity contribution in [3.63, 3.8) is 0 Å². The average molecular weight is 372 g/mol. The van der Waals surface area contributed by atoms with E-state index in [1.54, 1.807) is 16.7 Å². The molecule has 0 aliphatic carbocycles. The lowest BCUT2D eigenvalue weighted by molar-refractivity contribution is -0.921. The second-order valence-electron chi connectivity index (χ2n) is 6.62. The molecule has 2 N–H and O–H groups in total. The molecule has 0 aromatic heterocycles. The van der Waals surface area contributed by atoms with E-state index in [0.717, 1.165) is 44.2 Å². The van der Waals surface area contributed by atoms with Gasteiger partial charge in [-0.15, -0.1) is 0 Å². The Hall–Kier alpha value is -1.82. The molecule has 138 valence electrons. The zero-order valence-electron chi connectivity index (χ0n) is 15.3. The molecular formula is C21H27N2O2S+. The van der Waals surface area contributed by atoms with Crippen LogP contribution in [0.2, 0.25) is 0 Å². The van der Waals surface area contributed by atoms with Crippen molar-refractivity contribution in [3.8, 4) is 0 Å². The number of ether oxygens (including phenoxy) is 1. The van der Waals surface area contributed by atoms with Gasteiger partial charge in [-0.1, -0.05) is 36.4 Å². The molecular weight excluding hydrogens is 344 g/mol. The minimum atomic E-state index is -0.0125. The lowest BCUT2D eigenvalue weighted by Crippen LogP contribution is -3.12. The molecule has 1 fully saturated rings. The number of carbonyl (C=O) groups excluding carboxylic acids is 1. The average Bonchev–Trinajstić information content (AvgIpc) is 2.68. The predicted molar refractivity (Wildman–Crippen MR) is 106 cm³/mol. The summed E-state index contributed by atoms with van der Waals surface area (Å²) in [6.45, 7) is 5.30. The fourth-order valence-electron chi connectivity index (χ4n) is 3.26. The van der Waals surface area contributed by atoms with Crippen LogP contribution in [0.5, 0.6) is 0 Å². The molecule has 1 amide bonds. The number of benzene rings is 2. The number of thioether (sulfide) groups is 1. The first-order valence-electron chi connectivity index (χ1n) is 9.10. The van der Waals surface area contributed by atoms with Crippen LogP contribution in [0, 0.1) is 0 Å². The van der Waals surface area contributed by atoms with Gasteiger partial charge in [0, 0.05) is 23.4 Å². The molecule has 1 aliphatic heterocycles. The first kappa shape index (κ1) is 19.0. The van der Waals surface area contributed by atoms with Crippen LogP contribution in [0.3, 0.4) is 0 Å². The van der Waals surface area contributed by atoms with Gasteiger partial charge in [0.05, 0.1) is 13.2 Å². The molecule has 0 radical (unpaired) electrons. The predicted octanol–water partition coefficient (Wildman–Crippen LogP) is 1.89. The third kappa shape index (κ3) is 5.34. The molecule has 3 rings (SSSR count). The molecule has 2 aromatic carbocycles. The van der Waals surface area contributed by atoms with E-state index >= 15 is 0 Å². The van der Waals surface area contributed by atoms with Gasteiger partial charge >= 0.3 is 0 Å². The summed E-state index contributed by atoms with van der Waals surface area (Å²) in [6.07, 6.45) is 2.07. The van der Waals surface area contributed by atoms with Crippen LogP contribution in [0.15, 0.2) is 48.5 Å². The summed E-state index contributed by atoms with van der Waals surface area (Å²) in [6, 6.07) is 16.3. The van der Waals surface area contributed by atoms with E-state index in [0.29, 0.717) is 6.54 Å². The molecule has 0 spiro atoms. The highest BCUT2D eigenvalue weighted by Gasteiger charge is 2.16. The molecule has 26 heavy (non-hydrogen) atoms. The van der Waals surface area contributed by atoms with Crippen molar-refractivity contribution < 1.29 is 14.4 Å². The second kappa shape index (κ2) is 9.76. The van der Waals surface area contributed by atoms with Gasteiger partial charge < -0.3 is 15.0 Å². The first-order chi connectivity index (χ1) is 12.8. The lowest BCUT2D eigenvalue weighted by Gasteiger charge is -2.24. The SMILES string of the molecule is CSCc1cccc(C(=O)NCc2ccccc2C[NH+]2CCOCC2)c1. The number of morpholine rings is 1. The topological polar surface area (TPSA) is 42.8 Å². The Balaban J connectivity index is 1.62. The van der Waals surface area contributed by atoms with Gasteiger partial charge in [-0.25, -0.2) is 0 Å². The largest absolute Gasteiger partial charge is 0.370 e. The van der Waals surface area contributed by atoms with Crippen LogP contribution < -0.4 is 10.2 Å². The number of rotatable bonds is 7. The van der Waals surface area contributed by atoms with Crippen molar-refractivity contribution >= 4 is 17.7 Å². The summed E-state index contributed by atoms with van der Waals surface area (Å²) < 4.78 is 5.44. The van der Waals surface area contributed by atoms with E-state index in [4.69, 9.17) is 4.74 Å². The first-order valence-corrected chi connectivity index (χ1v) is 10.5. The quantitative estimate of drug-likeness (QED) is 0.781. The van der Waals surface area contributed by atoms with Crippen molar-refractivity contribution in [1.29, 1.82) is 0 Å². The van der Waals surface area contributed by atoms with Crippen molar-refractivity contribution in [2.45, 2.75) is 18.8 Å². The van der Waals surface area contributed by atoms with Crippen LogP contribution in [-0.2, 0) is 23.6 Å². The highest BCUT2D eigenvalue weighted by molar-refractivity contribution is 7.97. The zero-order valence-corrected chi connectivity index (χ0v) is 16.1. The molecule has 4 nitrogen and oxygen atoms in total. The van der Waals surface area contributed by atoms with Crippen molar-refractivity contribution in [3.05, 3.63) is 70.8 Å². The summed E-state index contributed by atoms with van der Waals surface area (Å²) in [7, 11) is 0. The Morgan fingerprint density at radius 2 is 1.88 bits per heavy atom. The van der Waals surface area contributed by atoms with E-state index in [2.05, 4.69) is 35.8 Å². The van der Waals surface area contributed by atoms with E-state index < -0.39 is 0 Å². The third-order valence-corrected chi connectivity index (χ3v) is 5.32. The maximum atomic E-state index is 12.5. The highest BCUT2D eigenvalue weighted by atomic mass is 32.2. The zero-order chi connectivity index (χ0) is 18.2. The van der Waals surface area contributed by atoms with Gasteiger partial charge in [0.1, 0.15) is 19.6 Å². The fraction of sp³-hybridized carbons (Fsp3) is 0.381. The smallest absolute Gasteiger partial charge is 0.251 e. The summed E-state index contributed by atoms with van der Waals surface area (Å²) in [4.78, 5) is 14.1. The third-order valence-electron chi connectivity index (χ3n) is 4.70. The van der Waals surface area contributed by atoms with Gasteiger partial charge in [0.2, 0.25) is 0 Å².